The topological polar surface area (TPSA) is 252 Å². The summed E-state index contributed by atoms with van der Waals surface area (Å²) in [4.78, 5) is 44.1. The van der Waals surface area contributed by atoms with Crippen LogP contribution in [0.25, 0.3) is 0 Å². The highest BCUT2D eigenvalue weighted by Gasteiger charge is 2.57. The molecule has 0 spiro atoms. The van der Waals surface area contributed by atoms with Crippen molar-refractivity contribution in [2.45, 2.75) is 37.5 Å². The molecule has 1 fully saturated rings. The summed E-state index contributed by atoms with van der Waals surface area (Å²) in [5.74, 6) is 2.89. The van der Waals surface area contributed by atoms with Crippen LogP contribution in [0.5, 0.6) is 0 Å². The highest BCUT2D eigenvalue weighted by molar-refractivity contribution is 7.66. The second-order valence-corrected chi connectivity index (χ2v) is 11.2. The zero-order chi connectivity index (χ0) is 24.8. The summed E-state index contributed by atoms with van der Waals surface area (Å²) in [7, 11) is -16.8. The van der Waals surface area contributed by atoms with Crippen LogP contribution in [0.4, 0.5) is 5.82 Å². The number of amidine groups is 1. The van der Waals surface area contributed by atoms with Crippen LogP contribution >= 0.6 is 23.5 Å². The molecule has 1 saturated heterocycles. The molecule has 20 heteroatoms. The van der Waals surface area contributed by atoms with E-state index in [1.165, 1.54) is 10.9 Å². The van der Waals surface area contributed by atoms with Crippen molar-refractivity contribution in [2.24, 2.45) is 4.99 Å². The van der Waals surface area contributed by atoms with Crippen molar-refractivity contribution >= 4 is 35.1 Å². The van der Waals surface area contributed by atoms with Crippen LogP contribution in [0, 0.1) is 12.3 Å². The first-order valence-electron chi connectivity index (χ1n) is 8.73. The molecule has 17 nitrogen and oxygen atoms in total. The Kier molecular flexibility index (Phi) is 7.09. The second-order valence-electron chi connectivity index (χ2n) is 6.80. The maximum atomic E-state index is 11.9. The minimum absolute atomic E-state index is 0.223. The van der Waals surface area contributed by atoms with Crippen LogP contribution < -0.4 is 5.32 Å². The summed E-state index contributed by atoms with van der Waals surface area (Å²) in [6.45, 7) is 0.875. The molecule has 0 saturated carbocycles. The number of nitrogens with one attached hydrogen (secondary N) is 1. The van der Waals surface area contributed by atoms with E-state index in [0.717, 1.165) is 0 Å². The van der Waals surface area contributed by atoms with E-state index in [1.54, 1.807) is 6.92 Å². The van der Waals surface area contributed by atoms with E-state index >= 15 is 0 Å². The number of aliphatic imine (C=N–C) groups is 1. The summed E-state index contributed by atoms with van der Waals surface area (Å²) in [5, 5.41) is 24.3. The molecule has 0 amide bonds. The number of aliphatic hydroxyl groups is 2. The molecule has 6 atom stereocenters. The molecule has 3 heterocycles. The molecule has 0 aliphatic carbocycles. The molecule has 1 aromatic heterocycles. The van der Waals surface area contributed by atoms with Gasteiger partial charge in [0.1, 0.15) is 23.7 Å². The third kappa shape index (κ3) is 5.79. The molecule has 0 radical (unpaired) electrons. The summed E-state index contributed by atoms with van der Waals surface area (Å²) in [6, 6.07) is 0. The lowest BCUT2D eigenvalue weighted by Gasteiger charge is -2.28. The maximum absolute atomic E-state index is 11.9. The number of phosphoric ester groups is 1. The molecule has 3 unspecified atom stereocenters. The number of anilines is 1. The number of ether oxygens (including phenoxy) is 1. The Morgan fingerprint density at radius 3 is 2.58 bits per heavy atom. The average Bonchev–Trinajstić information content (AvgIpc) is 3.16. The first-order valence-corrected chi connectivity index (χ1v) is 13.2. The number of fused-ring (bicyclic) bond motifs is 1. The van der Waals surface area contributed by atoms with Crippen LogP contribution in [0.15, 0.2) is 11.3 Å². The Balaban J connectivity index is 1.75. The van der Waals surface area contributed by atoms with Crippen molar-refractivity contribution in [3.8, 4) is 12.3 Å². The van der Waals surface area contributed by atoms with Crippen molar-refractivity contribution in [2.75, 3.05) is 11.9 Å². The molecular formula is C13H19N4O13P3. The fraction of sp³-hybridized carbons (Fsp3) is 0.538. The smallest absolute Gasteiger partial charge is 0.386 e. The fourth-order valence-electron chi connectivity index (χ4n) is 3.04. The van der Waals surface area contributed by atoms with Gasteiger partial charge in [0.05, 0.1) is 25.3 Å². The predicted octanol–water partition coefficient (Wildman–Crippen LogP) is -0.807. The number of nitrogens with zero attached hydrogens (tertiary/aromatic N) is 3. The fourth-order valence-corrected chi connectivity index (χ4v) is 6.07. The van der Waals surface area contributed by atoms with Crippen molar-refractivity contribution in [3.05, 3.63) is 12.0 Å². The number of aromatic nitrogens is 2. The van der Waals surface area contributed by atoms with Crippen LogP contribution in [0.3, 0.4) is 0 Å². The maximum Gasteiger partial charge on any atom is 0.490 e. The minimum Gasteiger partial charge on any atom is -0.386 e. The molecule has 3 rings (SSSR count). The van der Waals surface area contributed by atoms with Crippen LogP contribution in [0.1, 0.15) is 18.8 Å². The van der Waals surface area contributed by atoms with E-state index in [9.17, 15) is 33.7 Å². The van der Waals surface area contributed by atoms with E-state index < -0.39 is 54.1 Å². The van der Waals surface area contributed by atoms with E-state index in [2.05, 4.69) is 28.4 Å². The van der Waals surface area contributed by atoms with Gasteiger partial charge in [0.25, 0.3) is 0 Å². The van der Waals surface area contributed by atoms with E-state index in [4.69, 9.17) is 20.9 Å². The zero-order valence-corrected chi connectivity index (χ0v) is 19.2. The molecule has 0 aromatic carbocycles. The number of phosphoric acid groups is 3. The van der Waals surface area contributed by atoms with Gasteiger partial charge in [0, 0.05) is 0 Å². The lowest BCUT2D eigenvalue weighted by Crippen LogP contribution is -2.46. The van der Waals surface area contributed by atoms with Crippen molar-refractivity contribution < 1.29 is 61.4 Å². The molecule has 1 aromatic rings. The van der Waals surface area contributed by atoms with Gasteiger partial charge in [-0.25, -0.2) is 18.7 Å². The molecule has 2 aliphatic heterocycles. The highest BCUT2D eigenvalue weighted by Crippen LogP contribution is 2.66. The van der Waals surface area contributed by atoms with Gasteiger partial charge in [-0.2, -0.15) is 8.62 Å². The normalized spacial score (nSPS) is 31.0. The lowest BCUT2D eigenvalue weighted by atomic mass is 9.95. The number of hydrogen-bond acceptors (Lipinski definition) is 12. The first kappa shape index (κ1) is 26.1. The van der Waals surface area contributed by atoms with Gasteiger partial charge >= 0.3 is 23.5 Å². The molecule has 33 heavy (non-hydrogen) atoms. The second kappa shape index (κ2) is 8.95. The Bertz CT molecular complexity index is 1140. The third-order valence-corrected chi connectivity index (χ3v) is 8.22. The van der Waals surface area contributed by atoms with Gasteiger partial charge in [0.15, 0.2) is 11.8 Å². The van der Waals surface area contributed by atoms with Gasteiger partial charge in [-0.3, -0.25) is 14.1 Å². The van der Waals surface area contributed by atoms with Crippen molar-refractivity contribution in [1.82, 2.24) is 9.55 Å². The van der Waals surface area contributed by atoms with Gasteiger partial charge in [-0.05, 0) is 6.92 Å². The van der Waals surface area contributed by atoms with Gasteiger partial charge < -0.3 is 39.8 Å². The highest BCUT2D eigenvalue weighted by atomic mass is 31.3. The van der Waals surface area contributed by atoms with E-state index in [1.807, 2.05) is 5.92 Å². The third-order valence-electron chi connectivity index (χ3n) is 4.42. The van der Waals surface area contributed by atoms with Crippen molar-refractivity contribution in [3.63, 3.8) is 0 Å². The number of hydrogen-bond donors (Lipinski definition) is 7. The van der Waals surface area contributed by atoms with Crippen LogP contribution in [0.2, 0.25) is 0 Å². The summed E-state index contributed by atoms with van der Waals surface area (Å²) in [5.41, 5.74) is -1.89. The van der Waals surface area contributed by atoms with Crippen LogP contribution in [-0.4, -0.2) is 69.6 Å². The average molecular weight is 532 g/mol. The Morgan fingerprint density at radius 2 is 1.97 bits per heavy atom. The Hall–Kier alpha value is -1.47. The number of terminal acetylenes is 1. The van der Waals surface area contributed by atoms with Gasteiger partial charge in [-0.1, -0.05) is 5.92 Å². The standard InChI is InChI=1S/C13H19N4O13P3/c1-3-13(19)10(18)9(5-27-32(23,24)30-33(25,26)29-31(20,21)22)28-12(13)17-6-15-8-4-14-7(2)16-11(8)17/h1,6,9-10,12,18-19H,4-5H2,2H3,(H,14,16)(H,23,24)(H,25,26)(H2,20,21,22)/t9-,10+,12-,13?/m1/s1. The number of rotatable bonds is 8. The quantitative estimate of drug-likeness (QED) is 0.160. The Morgan fingerprint density at radius 1 is 1.30 bits per heavy atom. The van der Waals surface area contributed by atoms with E-state index in [-0.39, 0.29) is 6.54 Å². The number of aliphatic hydroxyl groups excluding tert-OH is 1. The molecular weight excluding hydrogens is 513 g/mol. The largest absolute Gasteiger partial charge is 0.490 e. The Labute approximate surface area is 185 Å². The molecule has 2 aliphatic rings. The summed E-state index contributed by atoms with van der Waals surface area (Å²) < 4.78 is 52.5. The SMILES string of the molecule is C#CC1(O)[C@@H](O)[C@@H](COP(=O)(O)OP(=O)(O)OP(=O)(O)O)O[C@H]1n1cnc2c1NC(C)=NC2. The summed E-state index contributed by atoms with van der Waals surface area (Å²) >= 11 is 0. The van der Waals surface area contributed by atoms with Gasteiger partial charge in [-0.15, -0.1) is 6.42 Å². The van der Waals surface area contributed by atoms with Crippen LogP contribution in [-0.2, 0) is 38.1 Å². The van der Waals surface area contributed by atoms with Crippen molar-refractivity contribution in [1.29, 1.82) is 0 Å². The molecule has 184 valence electrons. The number of imidazole rings is 1. The lowest BCUT2D eigenvalue weighted by molar-refractivity contribution is -0.0726. The van der Waals surface area contributed by atoms with E-state index in [0.29, 0.717) is 17.3 Å². The predicted molar refractivity (Wildman–Crippen MR) is 106 cm³/mol. The first-order chi connectivity index (χ1) is 15.1. The minimum atomic E-state index is -5.73. The monoisotopic (exact) mass is 532 g/mol. The molecule has 7 N–H and O–H groups in total. The summed E-state index contributed by atoms with van der Waals surface area (Å²) in [6.07, 6.45) is 1.74. The zero-order valence-electron chi connectivity index (χ0n) is 16.5. The van der Waals surface area contributed by atoms with Gasteiger partial charge in [0.2, 0.25) is 0 Å². The molecule has 0 bridgehead atoms.